The summed E-state index contributed by atoms with van der Waals surface area (Å²) in [5.74, 6) is 0.118. The van der Waals surface area contributed by atoms with E-state index in [0.717, 1.165) is 11.3 Å². The smallest absolute Gasteiger partial charge is 0.376 e. The fraction of sp³-hybridized carbons (Fsp3) is 0.462. The van der Waals surface area contributed by atoms with Crippen molar-refractivity contribution in [1.29, 1.82) is 0 Å². The van der Waals surface area contributed by atoms with Crippen molar-refractivity contribution in [3.8, 4) is 11.5 Å². The van der Waals surface area contributed by atoms with Crippen LogP contribution in [0, 0.1) is 6.92 Å². The van der Waals surface area contributed by atoms with Gasteiger partial charge < -0.3 is 9.15 Å². The van der Waals surface area contributed by atoms with Gasteiger partial charge in [-0.25, -0.2) is 9.78 Å². The predicted molar refractivity (Wildman–Crippen MR) is 68.8 cm³/mol. The summed E-state index contributed by atoms with van der Waals surface area (Å²) in [6.45, 7) is 5.90. The van der Waals surface area contributed by atoms with Gasteiger partial charge in [0.25, 0.3) is 0 Å². The lowest BCUT2D eigenvalue weighted by molar-refractivity contribution is 0.0489. The Morgan fingerprint density at radius 3 is 2.74 bits per heavy atom. The molecule has 0 aliphatic rings. The van der Waals surface area contributed by atoms with Gasteiger partial charge in [0.2, 0.25) is 11.7 Å². The monoisotopic (exact) mass is 263 g/mol. The number of nitrogens with zero attached hydrogens (tertiary/aromatic N) is 3. The van der Waals surface area contributed by atoms with Crippen molar-refractivity contribution < 1.29 is 13.9 Å². The zero-order chi connectivity index (χ0) is 14.0. The van der Waals surface area contributed by atoms with Crippen LogP contribution in [0.15, 0.2) is 10.6 Å². The van der Waals surface area contributed by atoms with Gasteiger partial charge >= 0.3 is 5.97 Å². The molecule has 0 N–H and O–H groups in total. The molecule has 0 spiro atoms. The van der Waals surface area contributed by atoms with Gasteiger partial charge in [-0.05, 0) is 20.3 Å². The maximum atomic E-state index is 11.8. The van der Waals surface area contributed by atoms with Crippen LogP contribution >= 0.6 is 0 Å². The number of rotatable bonds is 4. The standard InChI is InChI=1S/C13H17N3O3/c1-5-10-11(13(17)18-6-2)19-12(15-10)9-7-14-16(4)8(9)3/h7H,5-6H2,1-4H3. The summed E-state index contributed by atoms with van der Waals surface area (Å²) in [7, 11) is 1.84. The minimum absolute atomic E-state index is 0.183. The quantitative estimate of drug-likeness (QED) is 0.790. The van der Waals surface area contributed by atoms with Crippen LogP contribution in [0.5, 0.6) is 0 Å². The van der Waals surface area contributed by atoms with E-state index in [0.29, 0.717) is 24.6 Å². The zero-order valence-corrected chi connectivity index (χ0v) is 11.6. The maximum Gasteiger partial charge on any atom is 0.376 e. The molecule has 0 radical (unpaired) electrons. The highest BCUT2D eigenvalue weighted by Gasteiger charge is 2.22. The summed E-state index contributed by atoms with van der Waals surface area (Å²) >= 11 is 0. The molecule has 0 saturated carbocycles. The van der Waals surface area contributed by atoms with Crippen molar-refractivity contribution in [2.75, 3.05) is 6.61 Å². The summed E-state index contributed by atoms with van der Waals surface area (Å²) in [5, 5.41) is 4.14. The molecule has 19 heavy (non-hydrogen) atoms. The fourth-order valence-electron chi connectivity index (χ4n) is 1.77. The van der Waals surface area contributed by atoms with Gasteiger partial charge in [0, 0.05) is 12.7 Å². The molecular formula is C13H17N3O3. The molecule has 102 valence electrons. The molecular weight excluding hydrogens is 246 g/mol. The third-order valence-electron chi connectivity index (χ3n) is 2.96. The number of oxazole rings is 1. The van der Waals surface area contributed by atoms with Gasteiger partial charge in [0.15, 0.2) is 0 Å². The first-order chi connectivity index (χ1) is 9.08. The van der Waals surface area contributed by atoms with E-state index in [4.69, 9.17) is 9.15 Å². The van der Waals surface area contributed by atoms with E-state index in [9.17, 15) is 4.79 Å². The van der Waals surface area contributed by atoms with Crippen molar-refractivity contribution in [1.82, 2.24) is 14.8 Å². The molecule has 0 aliphatic carbocycles. The molecule has 0 amide bonds. The average molecular weight is 263 g/mol. The minimum Gasteiger partial charge on any atom is -0.460 e. The Morgan fingerprint density at radius 1 is 1.47 bits per heavy atom. The molecule has 0 fully saturated rings. The van der Waals surface area contributed by atoms with Crippen molar-refractivity contribution in [3.05, 3.63) is 23.3 Å². The van der Waals surface area contributed by atoms with Crippen LogP contribution in [0.2, 0.25) is 0 Å². The number of hydrogen-bond donors (Lipinski definition) is 0. The zero-order valence-electron chi connectivity index (χ0n) is 11.6. The van der Waals surface area contributed by atoms with Crippen LogP contribution in [-0.2, 0) is 18.2 Å². The first-order valence-electron chi connectivity index (χ1n) is 6.24. The molecule has 0 atom stereocenters. The van der Waals surface area contributed by atoms with Crippen molar-refractivity contribution in [3.63, 3.8) is 0 Å². The van der Waals surface area contributed by atoms with E-state index < -0.39 is 5.97 Å². The van der Waals surface area contributed by atoms with Gasteiger partial charge in [0.1, 0.15) is 0 Å². The van der Waals surface area contributed by atoms with Crippen LogP contribution in [0.3, 0.4) is 0 Å². The fourth-order valence-corrected chi connectivity index (χ4v) is 1.77. The van der Waals surface area contributed by atoms with E-state index in [2.05, 4.69) is 10.1 Å². The first kappa shape index (κ1) is 13.3. The average Bonchev–Trinajstić information content (AvgIpc) is 2.95. The largest absolute Gasteiger partial charge is 0.460 e. The lowest BCUT2D eigenvalue weighted by Gasteiger charge is -1.98. The Balaban J connectivity index is 2.44. The second-order valence-corrected chi connectivity index (χ2v) is 4.14. The normalized spacial score (nSPS) is 10.7. The Hall–Kier alpha value is -2.11. The summed E-state index contributed by atoms with van der Waals surface area (Å²) in [6.07, 6.45) is 2.28. The molecule has 0 bridgehead atoms. The van der Waals surface area contributed by atoms with Crippen LogP contribution in [-0.4, -0.2) is 27.3 Å². The maximum absolute atomic E-state index is 11.8. The summed E-state index contributed by atoms with van der Waals surface area (Å²) < 4.78 is 12.3. The summed E-state index contributed by atoms with van der Waals surface area (Å²) in [6, 6.07) is 0. The highest BCUT2D eigenvalue weighted by Crippen LogP contribution is 2.25. The molecule has 0 unspecified atom stereocenters. The summed E-state index contributed by atoms with van der Waals surface area (Å²) in [5.41, 5.74) is 2.32. The Kier molecular flexibility index (Phi) is 3.69. The van der Waals surface area contributed by atoms with Crippen molar-refractivity contribution >= 4 is 5.97 Å². The molecule has 2 aromatic heterocycles. The first-order valence-corrected chi connectivity index (χ1v) is 6.24. The topological polar surface area (TPSA) is 70.2 Å². The number of ether oxygens (including phenoxy) is 1. The van der Waals surface area contributed by atoms with E-state index >= 15 is 0 Å². The Labute approximate surface area is 111 Å². The Morgan fingerprint density at radius 2 is 2.21 bits per heavy atom. The molecule has 2 rings (SSSR count). The van der Waals surface area contributed by atoms with Crippen LogP contribution < -0.4 is 0 Å². The van der Waals surface area contributed by atoms with E-state index in [-0.39, 0.29) is 5.76 Å². The molecule has 0 aromatic carbocycles. The third kappa shape index (κ3) is 2.38. The highest BCUT2D eigenvalue weighted by atomic mass is 16.5. The van der Waals surface area contributed by atoms with Crippen LogP contribution in [0.25, 0.3) is 11.5 Å². The minimum atomic E-state index is -0.473. The number of aromatic nitrogens is 3. The molecule has 6 heteroatoms. The summed E-state index contributed by atoms with van der Waals surface area (Å²) in [4.78, 5) is 16.1. The number of aryl methyl sites for hydroxylation is 2. The van der Waals surface area contributed by atoms with Gasteiger partial charge in [-0.2, -0.15) is 5.10 Å². The molecule has 6 nitrogen and oxygen atoms in total. The molecule has 2 aromatic rings. The number of esters is 1. The van der Waals surface area contributed by atoms with Crippen LogP contribution in [0.1, 0.15) is 35.8 Å². The molecule has 0 saturated heterocycles. The van der Waals surface area contributed by atoms with E-state index in [1.54, 1.807) is 17.8 Å². The number of carbonyl (C=O) groups is 1. The third-order valence-corrected chi connectivity index (χ3v) is 2.96. The Bertz CT molecular complexity index is 598. The van der Waals surface area contributed by atoms with Gasteiger partial charge in [0.05, 0.1) is 24.1 Å². The van der Waals surface area contributed by atoms with E-state index in [1.165, 1.54) is 0 Å². The highest BCUT2D eigenvalue weighted by molar-refractivity contribution is 5.88. The number of carbonyl (C=O) groups excluding carboxylic acids is 1. The van der Waals surface area contributed by atoms with Gasteiger partial charge in [-0.3, -0.25) is 4.68 Å². The lowest BCUT2D eigenvalue weighted by atomic mass is 10.2. The van der Waals surface area contributed by atoms with Crippen molar-refractivity contribution in [2.45, 2.75) is 27.2 Å². The van der Waals surface area contributed by atoms with Gasteiger partial charge in [-0.15, -0.1) is 0 Å². The predicted octanol–water partition coefficient (Wildman–Crippen LogP) is 2.12. The van der Waals surface area contributed by atoms with Crippen molar-refractivity contribution in [2.24, 2.45) is 7.05 Å². The second kappa shape index (κ2) is 5.26. The lowest BCUT2D eigenvalue weighted by Crippen LogP contribution is -2.05. The molecule has 0 aliphatic heterocycles. The van der Waals surface area contributed by atoms with E-state index in [1.807, 2.05) is 20.9 Å². The second-order valence-electron chi connectivity index (χ2n) is 4.14. The SMILES string of the molecule is CCOC(=O)c1oc(-c2cnn(C)c2C)nc1CC. The van der Waals surface area contributed by atoms with Crippen LogP contribution in [0.4, 0.5) is 0 Å². The molecule has 2 heterocycles. The number of hydrogen-bond acceptors (Lipinski definition) is 5. The van der Waals surface area contributed by atoms with Gasteiger partial charge in [-0.1, -0.05) is 6.92 Å².